The number of hydrogen-bond donors (Lipinski definition) is 0. The maximum absolute atomic E-state index is 12.6. The van der Waals surface area contributed by atoms with E-state index < -0.39 is 0 Å². The third kappa shape index (κ3) is 2.17. The Balaban J connectivity index is 1.27. The molecule has 0 saturated heterocycles. The van der Waals surface area contributed by atoms with Crippen molar-refractivity contribution in [1.82, 2.24) is 24.7 Å². The molecule has 0 radical (unpaired) electrons. The van der Waals surface area contributed by atoms with Gasteiger partial charge in [-0.05, 0) is 35.4 Å². The van der Waals surface area contributed by atoms with E-state index in [4.69, 9.17) is 4.52 Å². The van der Waals surface area contributed by atoms with E-state index in [1.54, 1.807) is 18.5 Å². The topological polar surface area (TPSA) is 86.7 Å². The van der Waals surface area contributed by atoms with Gasteiger partial charge >= 0.3 is 0 Å². The summed E-state index contributed by atoms with van der Waals surface area (Å²) >= 11 is 0. The van der Waals surface area contributed by atoms with E-state index in [0.29, 0.717) is 34.5 Å². The summed E-state index contributed by atoms with van der Waals surface area (Å²) in [5.74, 6) is 2.59. The Labute approximate surface area is 153 Å². The van der Waals surface area contributed by atoms with Gasteiger partial charge in [-0.2, -0.15) is 4.98 Å². The van der Waals surface area contributed by atoms with Crippen molar-refractivity contribution in [2.75, 3.05) is 0 Å². The highest BCUT2D eigenvalue weighted by Crippen LogP contribution is 2.65. The van der Waals surface area contributed by atoms with Crippen molar-refractivity contribution in [1.29, 1.82) is 0 Å². The molecule has 2 aliphatic rings. The first kappa shape index (κ1) is 14.8. The van der Waals surface area contributed by atoms with E-state index >= 15 is 0 Å². The minimum absolute atomic E-state index is 0.139. The maximum Gasteiger partial charge on any atom is 0.261 e. The van der Waals surface area contributed by atoms with Crippen molar-refractivity contribution in [2.24, 2.45) is 5.92 Å². The fraction of sp³-hybridized carbons (Fsp3) is 0.250. The van der Waals surface area contributed by atoms with E-state index in [9.17, 15) is 4.79 Å². The van der Waals surface area contributed by atoms with Crippen molar-refractivity contribution >= 4 is 10.9 Å². The minimum atomic E-state index is -0.139. The summed E-state index contributed by atoms with van der Waals surface area (Å²) in [4.78, 5) is 25.4. The molecule has 2 aliphatic carbocycles. The van der Waals surface area contributed by atoms with Crippen LogP contribution in [-0.2, 0) is 13.0 Å². The Morgan fingerprint density at radius 2 is 2.11 bits per heavy atom. The van der Waals surface area contributed by atoms with Crippen LogP contribution < -0.4 is 5.56 Å². The van der Waals surface area contributed by atoms with Crippen LogP contribution in [0.3, 0.4) is 0 Å². The zero-order valence-corrected chi connectivity index (χ0v) is 14.3. The Morgan fingerprint density at radius 1 is 1.19 bits per heavy atom. The Hall–Kier alpha value is -3.35. The predicted molar refractivity (Wildman–Crippen MR) is 96.3 cm³/mol. The molecule has 1 saturated carbocycles. The summed E-state index contributed by atoms with van der Waals surface area (Å²) in [7, 11) is 0. The van der Waals surface area contributed by atoms with Gasteiger partial charge in [0.15, 0.2) is 5.82 Å². The third-order valence-electron chi connectivity index (χ3n) is 5.75. The highest BCUT2D eigenvalue weighted by atomic mass is 16.5. The summed E-state index contributed by atoms with van der Waals surface area (Å²) < 4.78 is 6.92. The van der Waals surface area contributed by atoms with Crippen LogP contribution in [0.4, 0.5) is 0 Å². The van der Waals surface area contributed by atoms with Crippen molar-refractivity contribution in [3.8, 4) is 0 Å². The fourth-order valence-electron chi connectivity index (χ4n) is 4.44. The molecule has 3 atom stereocenters. The molecule has 132 valence electrons. The molecule has 3 unspecified atom stereocenters. The average Bonchev–Trinajstić information content (AvgIpc) is 3.03. The molecule has 3 aromatic heterocycles. The van der Waals surface area contributed by atoms with Gasteiger partial charge in [0.2, 0.25) is 5.89 Å². The second-order valence-electron chi connectivity index (χ2n) is 7.24. The van der Waals surface area contributed by atoms with Gasteiger partial charge in [-0.1, -0.05) is 29.4 Å². The molecule has 7 nitrogen and oxygen atoms in total. The predicted octanol–water partition coefficient (Wildman–Crippen LogP) is 2.28. The van der Waals surface area contributed by atoms with Gasteiger partial charge in [0, 0.05) is 12.1 Å². The largest absolute Gasteiger partial charge is 0.337 e. The number of pyridine rings is 1. The van der Waals surface area contributed by atoms with Crippen LogP contribution in [0.25, 0.3) is 10.9 Å². The highest BCUT2D eigenvalue weighted by molar-refractivity contribution is 5.75. The van der Waals surface area contributed by atoms with E-state index in [2.05, 4.69) is 44.4 Å². The summed E-state index contributed by atoms with van der Waals surface area (Å²) in [6, 6.07) is 10.3. The van der Waals surface area contributed by atoms with Crippen molar-refractivity contribution in [3.05, 3.63) is 82.2 Å². The molecule has 0 N–H and O–H groups in total. The zero-order valence-electron chi connectivity index (χ0n) is 14.3. The summed E-state index contributed by atoms with van der Waals surface area (Å²) in [6.45, 7) is 0.218. The first-order valence-corrected chi connectivity index (χ1v) is 8.99. The van der Waals surface area contributed by atoms with E-state index in [0.717, 1.165) is 12.2 Å². The number of hydrogen-bond acceptors (Lipinski definition) is 6. The standard InChI is InChI=1S/C20H15N5O2/c26-20-13-5-6-21-8-15(13)22-10-25(20)9-16-23-19(24-27-16)18-14-7-11-3-1-2-4-12(11)17(14)18/h1-6,8,10,14,17-18H,7,9H2. The number of aromatic nitrogens is 5. The van der Waals surface area contributed by atoms with Gasteiger partial charge in [0.25, 0.3) is 5.56 Å². The summed E-state index contributed by atoms with van der Waals surface area (Å²) in [6.07, 6.45) is 5.75. The van der Waals surface area contributed by atoms with Crippen LogP contribution in [0.1, 0.15) is 34.7 Å². The van der Waals surface area contributed by atoms with E-state index in [1.165, 1.54) is 22.0 Å². The molecule has 6 rings (SSSR count). The molecule has 3 heterocycles. The number of benzene rings is 1. The average molecular weight is 357 g/mol. The van der Waals surface area contributed by atoms with Gasteiger partial charge in [-0.15, -0.1) is 0 Å². The van der Waals surface area contributed by atoms with Gasteiger partial charge in [0.05, 0.1) is 23.4 Å². The maximum atomic E-state index is 12.6. The van der Waals surface area contributed by atoms with Gasteiger partial charge in [-0.3, -0.25) is 14.3 Å². The Morgan fingerprint density at radius 3 is 3.07 bits per heavy atom. The van der Waals surface area contributed by atoms with Gasteiger partial charge in [-0.25, -0.2) is 4.98 Å². The molecule has 27 heavy (non-hydrogen) atoms. The zero-order chi connectivity index (χ0) is 18.0. The summed E-state index contributed by atoms with van der Waals surface area (Å²) in [5, 5.41) is 4.72. The van der Waals surface area contributed by atoms with Crippen molar-refractivity contribution in [2.45, 2.75) is 24.8 Å². The van der Waals surface area contributed by atoms with E-state index in [1.807, 2.05) is 0 Å². The molecule has 1 aromatic carbocycles. The molecule has 1 fully saturated rings. The molecule has 0 spiro atoms. The lowest BCUT2D eigenvalue weighted by molar-refractivity contribution is 0.364. The second-order valence-corrected chi connectivity index (χ2v) is 7.24. The normalized spacial score (nSPS) is 22.6. The van der Waals surface area contributed by atoms with E-state index in [-0.39, 0.29) is 12.1 Å². The Kier molecular flexibility index (Phi) is 2.92. The molecular weight excluding hydrogens is 342 g/mol. The summed E-state index contributed by atoms with van der Waals surface area (Å²) in [5.41, 5.74) is 3.30. The van der Waals surface area contributed by atoms with Crippen LogP contribution in [0.5, 0.6) is 0 Å². The Bertz CT molecular complexity index is 1240. The number of fused-ring (bicyclic) bond motifs is 4. The van der Waals surface area contributed by atoms with Gasteiger partial charge in [0.1, 0.15) is 6.54 Å². The lowest BCUT2D eigenvalue weighted by Gasteiger charge is -2.04. The van der Waals surface area contributed by atoms with Crippen LogP contribution >= 0.6 is 0 Å². The molecular formula is C20H15N5O2. The quantitative estimate of drug-likeness (QED) is 0.559. The molecule has 7 heteroatoms. The van der Waals surface area contributed by atoms with Crippen molar-refractivity contribution < 1.29 is 4.52 Å². The molecule has 0 aliphatic heterocycles. The third-order valence-corrected chi connectivity index (χ3v) is 5.75. The van der Waals surface area contributed by atoms with Gasteiger partial charge < -0.3 is 4.52 Å². The first-order chi connectivity index (χ1) is 13.3. The van der Waals surface area contributed by atoms with Crippen LogP contribution in [-0.4, -0.2) is 24.7 Å². The minimum Gasteiger partial charge on any atom is -0.337 e. The molecule has 0 amide bonds. The van der Waals surface area contributed by atoms with Crippen LogP contribution in [0.2, 0.25) is 0 Å². The lowest BCUT2D eigenvalue weighted by Crippen LogP contribution is -2.21. The van der Waals surface area contributed by atoms with Crippen LogP contribution in [0, 0.1) is 5.92 Å². The SMILES string of the molecule is O=c1c2ccncc2ncn1Cc1nc(C2C3Cc4ccccc4C32)no1. The van der Waals surface area contributed by atoms with Crippen LogP contribution in [0.15, 0.2) is 58.4 Å². The first-order valence-electron chi connectivity index (χ1n) is 8.99. The molecule has 4 aromatic rings. The lowest BCUT2D eigenvalue weighted by atomic mass is 10.0. The van der Waals surface area contributed by atoms with Crippen molar-refractivity contribution in [3.63, 3.8) is 0 Å². The number of nitrogens with zero attached hydrogens (tertiary/aromatic N) is 5. The number of rotatable bonds is 3. The fourth-order valence-corrected chi connectivity index (χ4v) is 4.44. The highest BCUT2D eigenvalue weighted by Gasteiger charge is 2.58. The molecule has 0 bridgehead atoms. The monoisotopic (exact) mass is 357 g/mol. The second kappa shape index (κ2) is 5.33. The smallest absolute Gasteiger partial charge is 0.261 e.